The molecule has 80 valence electrons. The monoisotopic (exact) mass is 220 g/mol. The maximum atomic E-state index is 11.8. The Morgan fingerprint density at radius 2 is 2.00 bits per heavy atom. The van der Waals surface area contributed by atoms with E-state index in [4.69, 9.17) is 0 Å². The van der Waals surface area contributed by atoms with Crippen molar-refractivity contribution in [1.29, 1.82) is 0 Å². The van der Waals surface area contributed by atoms with Crippen LogP contribution in [0.1, 0.15) is 20.3 Å². The molecule has 0 fully saturated rings. The quantitative estimate of drug-likeness (QED) is 0.556. The minimum atomic E-state index is -0.379. The second-order valence-corrected chi connectivity index (χ2v) is 5.54. The Bertz CT molecular complexity index is 341. The topological polar surface area (TPSA) is 17.1 Å². The van der Waals surface area contributed by atoms with E-state index in [9.17, 15) is 4.79 Å². The van der Waals surface area contributed by atoms with Crippen molar-refractivity contribution in [2.75, 3.05) is 0 Å². The van der Waals surface area contributed by atoms with Crippen LogP contribution in [0.5, 0.6) is 0 Å². The lowest BCUT2D eigenvalue weighted by atomic mass is 10.1. The first-order chi connectivity index (χ1) is 7.06. The molecule has 1 aromatic carbocycles. The second-order valence-electron chi connectivity index (χ2n) is 3.84. The highest BCUT2D eigenvalue weighted by atomic mass is 32.2. The molecule has 15 heavy (non-hydrogen) atoms. The Morgan fingerprint density at radius 3 is 2.53 bits per heavy atom. The van der Waals surface area contributed by atoms with Gasteiger partial charge in [0.15, 0.2) is 5.78 Å². The van der Waals surface area contributed by atoms with E-state index in [1.807, 2.05) is 44.2 Å². The van der Waals surface area contributed by atoms with Gasteiger partial charge < -0.3 is 0 Å². The summed E-state index contributed by atoms with van der Waals surface area (Å²) < 4.78 is -0.379. The number of thioether (sulfide) groups is 1. The van der Waals surface area contributed by atoms with Gasteiger partial charge in [-0.05, 0) is 26.0 Å². The van der Waals surface area contributed by atoms with Crippen molar-refractivity contribution < 1.29 is 4.79 Å². The Labute approximate surface area is 95.6 Å². The fourth-order valence-corrected chi connectivity index (χ4v) is 2.30. The fourth-order valence-electron chi connectivity index (χ4n) is 1.22. The molecule has 0 unspecified atom stereocenters. The zero-order chi connectivity index (χ0) is 11.3. The number of Topliss-reactive ketones (excluding diaryl/α,β-unsaturated/α-hetero) is 1. The molecular weight excluding hydrogens is 204 g/mol. The maximum Gasteiger partial charge on any atom is 0.152 e. The Balaban J connectivity index is 2.72. The van der Waals surface area contributed by atoms with E-state index in [-0.39, 0.29) is 10.5 Å². The number of carbonyl (C=O) groups excluding carboxylic acids is 1. The molecular formula is C13H16OS. The third-order valence-corrected chi connectivity index (χ3v) is 3.36. The van der Waals surface area contributed by atoms with Gasteiger partial charge in [0.2, 0.25) is 0 Å². The van der Waals surface area contributed by atoms with Crippen molar-refractivity contribution in [2.45, 2.75) is 29.9 Å². The van der Waals surface area contributed by atoms with Crippen LogP contribution in [-0.4, -0.2) is 10.5 Å². The standard InChI is InChI=1S/C13H16OS/c1-4-8-12(14)13(2,3)15-11-9-6-5-7-10-11/h4-7,9-10H,1,8H2,2-3H3. The molecule has 0 radical (unpaired) electrons. The number of hydrogen-bond donors (Lipinski definition) is 0. The Hall–Kier alpha value is -1.02. The summed E-state index contributed by atoms with van der Waals surface area (Å²) in [6.07, 6.45) is 2.10. The largest absolute Gasteiger partial charge is 0.298 e. The van der Waals surface area contributed by atoms with Crippen LogP contribution < -0.4 is 0 Å². The minimum absolute atomic E-state index is 0.214. The molecule has 1 aromatic rings. The van der Waals surface area contributed by atoms with Gasteiger partial charge in [0.1, 0.15) is 0 Å². The minimum Gasteiger partial charge on any atom is -0.298 e. The van der Waals surface area contributed by atoms with Gasteiger partial charge in [0.05, 0.1) is 4.75 Å². The van der Waals surface area contributed by atoms with Crippen LogP contribution in [0.2, 0.25) is 0 Å². The summed E-state index contributed by atoms with van der Waals surface area (Å²) in [7, 11) is 0. The molecule has 0 aromatic heterocycles. The molecule has 0 aliphatic rings. The first-order valence-electron chi connectivity index (χ1n) is 4.94. The van der Waals surface area contributed by atoms with Gasteiger partial charge in [-0.25, -0.2) is 0 Å². The summed E-state index contributed by atoms with van der Waals surface area (Å²) >= 11 is 1.60. The number of benzene rings is 1. The van der Waals surface area contributed by atoms with Gasteiger partial charge in [0.25, 0.3) is 0 Å². The van der Waals surface area contributed by atoms with Crippen LogP contribution in [0.15, 0.2) is 47.9 Å². The Morgan fingerprint density at radius 1 is 1.40 bits per heavy atom. The zero-order valence-electron chi connectivity index (χ0n) is 9.19. The highest BCUT2D eigenvalue weighted by Gasteiger charge is 2.27. The Kier molecular flexibility index (Phi) is 4.15. The zero-order valence-corrected chi connectivity index (χ0v) is 10.0. The number of hydrogen-bond acceptors (Lipinski definition) is 2. The van der Waals surface area contributed by atoms with Crippen LogP contribution >= 0.6 is 11.8 Å². The van der Waals surface area contributed by atoms with Crippen molar-refractivity contribution in [3.63, 3.8) is 0 Å². The highest BCUT2D eigenvalue weighted by Crippen LogP contribution is 2.33. The van der Waals surface area contributed by atoms with Crippen molar-refractivity contribution in [3.05, 3.63) is 43.0 Å². The van der Waals surface area contributed by atoms with E-state index in [0.717, 1.165) is 4.90 Å². The molecule has 0 N–H and O–H groups in total. The summed E-state index contributed by atoms with van der Waals surface area (Å²) in [4.78, 5) is 12.9. The van der Waals surface area contributed by atoms with Crippen LogP contribution in [0.4, 0.5) is 0 Å². The average Bonchev–Trinajstić information content (AvgIpc) is 2.19. The first-order valence-corrected chi connectivity index (χ1v) is 5.76. The number of carbonyl (C=O) groups is 1. The summed E-state index contributed by atoms with van der Waals surface area (Å²) in [5.41, 5.74) is 0. The molecule has 0 atom stereocenters. The van der Waals surface area contributed by atoms with Gasteiger partial charge in [0, 0.05) is 11.3 Å². The molecule has 0 heterocycles. The fraction of sp³-hybridized carbons (Fsp3) is 0.308. The molecule has 1 rings (SSSR count). The molecule has 0 amide bonds. The lowest BCUT2D eigenvalue weighted by Crippen LogP contribution is -2.26. The van der Waals surface area contributed by atoms with E-state index >= 15 is 0 Å². The second kappa shape index (κ2) is 5.17. The smallest absolute Gasteiger partial charge is 0.152 e. The van der Waals surface area contributed by atoms with E-state index < -0.39 is 0 Å². The summed E-state index contributed by atoms with van der Waals surface area (Å²) in [5, 5.41) is 0. The average molecular weight is 220 g/mol. The highest BCUT2D eigenvalue weighted by molar-refractivity contribution is 8.01. The molecule has 0 saturated carbocycles. The van der Waals surface area contributed by atoms with E-state index in [1.54, 1.807) is 17.8 Å². The lowest BCUT2D eigenvalue weighted by molar-refractivity contribution is -0.119. The molecule has 0 aliphatic heterocycles. The van der Waals surface area contributed by atoms with E-state index in [1.165, 1.54) is 0 Å². The normalized spacial score (nSPS) is 11.1. The third-order valence-electron chi connectivity index (χ3n) is 2.12. The molecule has 0 saturated heterocycles. The van der Waals surface area contributed by atoms with E-state index in [0.29, 0.717) is 6.42 Å². The van der Waals surface area contributed by atoms with Crippen LogP contribution in [0, 0.1) is 0 Å². The van der Waals surface area contributed by atoms with Gasteiger partial charge >= 0.3 is 0 Å². The summed E-state index contributed by atoms with van der Waals surface area (Å²) in [6.45, 7) is 7.50. The van der Waals surface area contributed by atoms with Crippen LogP contribution in [0.25, 0.3) is 0 Å². The van der Waals surface area contributed by atoms with Crippen molar-refractivity contribution in [2.24, 2.45) is 0 Å². The predicted octanol–water partition coefficient (Wildman–Crippen LogP) is 3.70. The number of ketones is 1. The van der Waals surface area contributed by atoms with Crippen LogP contribution in [0.3, 0.4) is 0 Å². The van der Waals surface area contributed by atoms with Gasteiger partial charge in [-0.2, -0.15) is 0 Å². The molecule has 0 bridgehead atoms. The summed E-state index contributed by atoms with van der Waals surface area (Å²) in [6, 6.07) is 9.98. The first kappa shape index (κ1) is 12.1. The molecule has 0 spiro atoms. The maximum absolute atomic E-state index is 11.8. The van der Waals surface area contributed by atoms with Crippen molar-refractivity contribution in [1.82, 2.24) is 0 Å². The molecule has 0 aliphatic carbocycles. The predicted molar refractivity (Wildman–Crippen MR) is 66.2 cm³/mol. The van der Waals surface area contributed by atoms with Gasteiger partial charge in [-0.3, -0.25) is 4.79 Å². The van der Waals surface area contributed by atoms with E-state index in [2.05, 4.69) is 6.58 Å². The number of rotatable bonds is 5. The molecule has 2 heteroatoms. The molecule has 1 nitrogen and oxygen atoms in total. The van der Waals surface area contributed by atoms with Crippen LogP contribution in [-0.2, 0) is 4.79 Å². The lowest BCUT2D eigenvalue weighted by Gasteiger charge is -2.21. The van der Waals surface area contributed by atoms with Crippen molar-refractivity contribution in [3.8, 4) is 0 Å². The van der Waals surface area contributed by atoms with Gasteiger partial charge in [-0.15, -0.1) is 18.3 Å². The SMILES string of the molecule is C=CCC(=O)C(C)(C)Sc1ccccc1. The van der Waals surface area contributed by atoms with Gasteiger partial charge in [-0.1, -0.05) is 24.3 Å². The third kappa shape index (κ3) is 3.56. The van der Waals surface area contributed by atoms with Crippen molar-refractivity contribution >= 4 is 17.5 Å². The number of allylic oxidation sites excluding steroid dienone is 1. The summed E-state index contributed by atoms with van der Waals surface area (Å²) in [5.74, 6) is 0.214.